The Morgan fingerprint density at radius 2 is 1.81 bits per heavy atom. The molecule has 3 rings (SSSR count). The maximum absolute atomic E-state index is 13.7. The summed E-state index contributed by atoms with van der Waals surface area (Å²) in [5.41, 5.74) is 10.1. The first-order chi connectivity index (χ1) is 17.3. The number of nitrogen functional groups attached to an aromatic ring is 1. The zero-order valence-electron chi connectivity index (χ0n) is 21.6. The molecular weight excluding hydrogens is 452 g/mol. The van der Waals surface area contributed by atoms with Crippen molar-refractivity contribution in [1.82, 2.24) is 9.55 Å². The minimum absolute atomic E-state index is 0.0118. The van der Waals surface area contributed by atoms with E-state index in [-0.39, 0.29) is 30.3 Å². The van der Waals surface area contributed by atoms with E-state index >= 15 is 0 Å². The van der Waals surface area contributed by atoms with Gasteiger partial charge in [0, 0.05) is 12.0 Å². The van der Waals surface area contributed by atoms with Crippen molar-refractivity contribution in [3.63, 3.8) is 0 Å². The summed E-state index contributed by atoms with van der Waals surface area (Å²) in [6.07, 6.45) is 2.51. The lowest BCUT2D eigenvalue weighted by molar-refractivity contribution is -0.142. The number of unbranched alkanes of at least 4 members (excludes halogenated alkanes) is 1. The van der Waals surface area contributed by atoms with Crippen LogP contribution in [0.5, 0.6) is 0 Å². The predicted molar refractivity (Wildman–Crippen MR) is 144 cm³/mol. The molecule has 0 atom stereocenters. The zero-order valence-corrected chi connectivity index (χ0v) is 21.6. The molecule has 0 aliphatic carbocycles. The first-order valence-corrected chi connectivity index (χ1v) is 12.6. The summed E-state index contributed by atoms with van der Waals surface area (Å²) < 4.78 is 6.83. The zero-order chi connectivity index (χ0) is 26.2. The van der Waals surface area contributed by atoms with E-state index in [2.05, 4.69) is 6.92 Å². The molecular formula is C29H36N4O3. The molecule has 1 aromatic heterocycles. The number of amidine groups is 1. The fourth-order valence-corrected chi connectivity index (χ4v) is 4.29. The van der Waals surface area contributed by atoms with Crippen molar-refractivity contribution in [3.05, 3.63) is 87.1 Å². The number of esters is 1. The van der Waals surface area contributed by atoms with Crippen molar-refractivity contribution in [3.8, 4) is 11.1 Å². The van der Waals surface area contributed by atoms with Crippen molar-refractivity contribution in [2.75, 3.05) is 6.61 Å². The Kier molecular flexibility index (Phi) is 9.17. The third-order valence-electron chi connectivity index (χ3n) is 6.12. The highest BCUT2D eigenvalue weighted by molar-refractivity contribution is 6.01. The van der Waals surface area contributed by atoms with Gasteiger partial charge in [-0.2, -0.15) is 0 Å². The van der Waals surface area contributed by atoms with Gasteiger partial charge < -0.3 is 10.5 Å². The number of ether oxygens (including phenoxy) is 1. The summed E-state index contributed by atoms with van der Waals surface area (Å²) in [7, 11) is 0. The van der Waals surface area contributed by atoms with Gasteiger partial charge >= 0.3 is 5.97 Å². The van der Waals surface area contributed by atoms with Crippen LogP contribution in [0.25, 0.3) is 11.1 Å². The molecule has 3 N–H and O–H groups in total. The second-order valence-corrected chi connectivity index (χ2v) is 9.18. The summed E-state index contributed by atoms with van der Waals surface area (Å²) in [4.78, 5) is 30.9. The summed E-state index contributed by atoms with van der Waals surface area (Å²) >= 11 is 0. The third kappa shape index (κ3) is 6.27. The van der Waals surface area contributed by atoms with E-state index in [0.717, 1.165) is 35.4 Å². The Morgan fingerprint density at radius 3 is 2.42 bits per heavy atom. The topological polar surface area (TPSA) is 111 Å². The van der Waals surface area contributed by atoms with Crippen LogP contribution < -0.4 is 11.3 Å². The van der Waals surface area contributed by atoms with Gasteiger partial charge in [0.15, 0.2) is 0 Å². The average Bonchev–Trinajstić information content (AvgIpc) is 2.86. The molecule has 0 amide bonds. The fraction of sp³-hybridized carbons (Fsp3) is 0.379. The van der Waals surface area contributed by atoms with Crippen LogP contribution in [0.15, 0.2) is 53.3 Å². The van der Waals surface area contributed by atoms with Crippen LogP contribution in [0, 0.1) is 5.41 Å². The molecule has 0 fully saturated rings. The Bertz CT molecular complexity index is 1280. The van der Waals surface area contributed by atoms with E-state index in [1.54, 1.807) is 11.5 Å². The van der Waals surface area contributed by atoms with Gasteiger partial charge in [-0.25, -0.2) is 4.98 Å². The van der Waals surface area contributed by atoms with Gasteiger partial charge in [-0.1, -0.05) is 75.7 Å². The van der Waals surface area contributed by atoms with Crippen LogP contribution in [0.1, 0.15) is 74.7 Å². The number of carbonyl (C=O) groups excluding carboxylic acids is 1. The molecule has 0 radical (unpaired) electrons. The number of aryl methyl sites for hydroxylation is 1. The largest absolute Gasteiger partial charge is 0.466 e. The SMILES string of the molecule is CCCCc1nc(C(C)C)c(CC(=O)OCC)c(=O)n1Cc1ccc(-c2ccccc2C(=N)N)cc1. The lowest BCUT2D eigenvalue weighted by Gasteiger charge is -2.19. The quantitative estimate of drug-likeness (QED) is 0.228. The second-order valence-electron chi connectivity index (χ2n) is 9.18. The lowest BCUT2D eigenvalue weighted by atomic mass is 9.98. The molecule has 36 heavy (non-hydrogen) atoms. The highest BCUT2D eigenvalue weighted by atomic mass is 16.5. The van der Waals surface area contributed by atoms with Crippen molar-refractivity contribution in [2.45, 2.75) is 65.8 Å². The standard InChI is InChI=1S/C29H36N4O3/c1-5-7-12-25-32-27(19(3)4)24(17-26(34)36-6-2)29(35)33(25)18-20-13-15-21(16-14-20)22-10-8-9-11-23(22)28(30)31/h8-11,13-16,19H,5-7,12,17-18H2,1-4H3,(H3,30,31). The second kappa shape index (κ2) is 12.3. The molecule has 0 aliphatic heterocycles. The number of nitrogens with one attached hydrogen (secondary N) is 1. The molecule has 190 valence electrons. The number of hydrogen-bond donors (Lipinski definition) is 2. The molecule has 0 saturated carbocycles. The van der Waals surface area contributed by atoms with Gasteiger partial charge in [0.2, 0.25) is 0 Å². The first-order valence-electron chi connectivity index (χ1n) is 12.6. The Balaban J connectivity index is 2.03. The number of carbonyl (C=O) groups is 1. The summed E-state index contributed by atoms with van der Waals surface area (Å²) in [6.45, 7) is 8.46. The Morgan fingerprint density at radius 1 is 1.11 bits per heavy atom. The number of nitrogens with two attached hydrogens (primary N) is 1. The molecule has 3 aromatic rings. The maximum atomic E-state index is 13.7. The summed E-state index contributed by atoms with van der Waals surface area (Å²) in [5.74, 6) is 0.355. The smallest absolute Gasteiger partial charge is 0.310 e. The van der Waals surface area contributed by atoms with Crippen LogP contribution in [0.4, 0.5) is 0 Å². The molecule has 1 heterocycles. The number of aromatic nitrogens is 2. The monoisotopic (exact) mass is 488 g/mol. The molecule has 2 aromatic carbocycles. The predicted octanol–water partition coefficient (Wildman–Crippen LogP) is 4.81. The van der Waals surface area contributed by atoms with Crippen LogP contribution >= 0.6 is 0 Å². The molecule has 7 nitrogen and oxygen atoms in total. The Hall–Kier alpha value is -3.74. The molecule has 0 aliphatic rings. The van der Waals surface area contributed by atoms with Crippen LogP contribution in [0.2, 0.25) is 0 Å². The van der Waals surface area contributed by atoms with E-state index in [4.69, 9.17) is 20.9 Å². The van der Waals surface area contributed by atoms with E-state index in [9.17, 15) is 9.59 Å². The molecule has 0 bridgehead atoms. The van der Waals surface area contributed by atoms with E-state index in [0.29, 0.717) is 29.8 Å². The van der Waals surface area contributed by atoms with Crippen LogP contribution in [-0.4, -0.2) is 28.0 Å². The van der Waals surface area contributed by atoms with Crippen molar-refractivity contribution >= 4 is 11.8 Å². The minimum Gasteiger partial charge on any atom is -0.466 e. The van der Waals surface area contributed by atoms with Gasteiger partial charge in [0.05, 0.1) is 30.8 Å². The maximum Gasteiger partial charge on any atom is 0.310 e. The van der Waals surface area contributed by atoms with Gasteiger partial charge in [0.1, 0.15) is 11.7 Å². The number of hydrogen-bond acceptors (Lipinski definition) is 5. The molecule has 7 heteroatoms. The van der Waals surface area contributed by atoms with Gasteiger partial charge in [-0.05, 0) is 36.0 Å². The molecule has 0 saturated heterocycles. The molecule has 0 unspecified atom stereocenters. The van der Waals surface area contributed by atoms with Crippen molar-refractivity contribution in [1.29, 1.82) is 5.41 Å². The molecule has 0 spiro atoms. The van der Waals surface area contributed by atoms with Crippen molar-refractivity contribution in [2.24, 2.45) is 5.73 Å². The highest BCUT2D eigenvalue weighted by Gasteiger charge is 2.21. The normalized spacial score (nSPS) is 11.0. The third-order valence-corrected chi connectivity index (χ3v) is 6.12. The fourth-order valence-electron chi connectivity index (χ4n) is 4.29. The van der Waals surface area contributed by atoms with Crippen LogP contribution in [0.3, 0.4) is 0 Å². The minimum atomic E-state index is -0.417. The lowest BCUT2D eigenvalue weighted by Crippen LogP contribution is -2.32. The summed E-state index contributed by atoms with van der Waals surface area (Å²) in [5, 5.41) is 7.86. The summed E-state index contributed by atoms with van der Waals surface area (Å²) in [6, 6.07) is 15.5. The number of nitrogens with zero attached hydrogens (tertiary/aromatic N) is 2. The number of rotatable bonds is 11. The van der Waals surface area contributed by atoms with E-state index in [1.165, 1.54) is 0 Å². The van der Waals surface area contributed by atoms with Gasteiger partial charge in [0.25, 0.3) is 5.56 Å². The van der Waals surface area contributed by atoms with E-state index in [1.807, 2.05) is 62.4 Å². The van der Waals surface area contributed by atoms with Gasteiger partial charge in [-0.3, -0.25) is 19.6 Å². The average molecular weight is 489 g/mol. The van der Waals surface area contributed by atoms with Crippen molar-refractivity contribution < 1.29 is 9.53 Å². The van der Waals surface area contributed by atoms with Gasteiger partial charge in [-0.15, -0.1) is 0 Å². The van der Waals surface area contributed by atoms with Crippen LogP contribution in [-0.2, 0) is 28.9 Å². The number of benzene rings is 2. The van der Waals surface area contributed by atoms with E-state index < -0.39 is 5.97 Å². The first kappa shape index (κ1) is 26.9. The highest BCUT2D eigenvalue weighted by Crippen LogP contribution is 2.24. The Labute approximate surface area is 212 Å².